The monoisotopic (exact) mass is 247 g/mol. The van der Waals surface area contributed by atoms with E-state index in [2.05, 4.69) is 12.2 Å². The highest BCUT2D eigenvalue weighted by Crippen LogP contribution is 2.15. The summed E-state index contributed by atoms with van der Waals surface area (Å²) in [6, 6.07) is 8.05. The lowest BCUT2D eigenvalue weighted by Gasteiger charge is -2.34. The van der Waals surface area contributed by atoms with Crippen LogP contribution in [0, 0.1) is 0 Å². The fourth-order valence-electron chi connectivity index (χ4n) is 2.21. The number of amides is 1. The molecule has 1 N–H and O–H groups in total. The van der Waals surface area contributed by atoms with E-state index in [1.165, 1.54) is 0 Å². The maximum atomic E-state index is 12.4. The lowest BCUT2D eigenvalue weighted by Crippen LogP contribution is -2.52. The van der Waals surface area contributed by atoms with Crippen LogP contribution in [0.2, 0.25) is 0 Å². The molecular weight excluding hydrogens is 226 g/mol. The Balaban J connectivity index is 2.13. The predicted molar refractivity (Wildman–Crippen MR) is 74.1 cm³/mol. The Morgan fingerprint density at radius 3 is 2.56 bits per heavy atom. The summed E-state index contributed by atoms with van der Waals surface area (Å²) in [5, 5.41) is 3.29. The van der Waals surface area contributed by atoms with Gasteiger partial charge in [0.2, 0.25) is 0 Å². The van der Waals surface area contributed by atoms with Crippen molar-refractivity contribution in [2.75, 3.05) is 38.6 Å². The Morgan fingerprint density at radius 1 is 1.33 bits per heavy atom. The summed E-state index contributed by atoms with van der Waals surface area (Å²) in [4.78, 5) is 16.4. The highest BCUT2D eigenvalue weighted by molar-refractivity contribution is 5.94. The van der Waals surface area contributed by atoms with Crippen LogP contribution in [-0.2, 0) is 0 Å². The van der Waals surface area contributed by atoms with Gasteiger partial charge < -0.3 is 15.1 Å². The molecule has 1 aromatic carbocycles. The van der Waals surface area contributed by atoms with Gasteiger partial charge in [0.25, 0.3) is 5.91 Å². The van der Waals surface area contributed by atoms with Crippen LogP contribution in [0.1, 0.15) is 17.3 Å². The van der Waals surface area contributed by atoms with E-state index in [0.717, 1.165) is 30.9 Å². The zero-order valence-corrected chi connectivity index (χ0v) is 11.3. The van der Waals surface area contributed by atoms with Crippen molar-refractivity contribution in [2.45, 2.75) is 13.0 Å². The van der Waals surface area contributed by atoms with Gasteiger partial charge in [-0.3, -0.25) is 4.79 Å². The summed E-state index contributed by atoms with van der Waals surface area (Å²) in [6.45, 7) is 4.63. The highest BCUT2D eigenvalue weighted by atomic mass is 16.2. The SMILES string of the molecule is C[C@H]1CNCCN1C(=O)c1ccc(N(C)C)cc1. The normalized spacial score (nSPS) is 19.7. The molecule has 1 atom stereocenters. The third-order valence-corrected chi connectivity index (χ3v) is 3.39. The van der Waals surface area contributed by atoms with E-state index < -0.39 is 0 Å². The number of piperazine rings is 1. The Bertz CT molecular complexity index is 414. The van der Waals surface area contributed by atoms with Gasteiger partial charge in [-0.2, -0.15) is 0 Å². The number of nitrogens with one attached hydrogen (secondary N) is 1. The van der Waals surface area contributed by atoms with Gasteiger partial charge >= 0.3 is 0 Å². The second kappa shape index (κ2) is 5.40. The number of carbonyl (C=O) groups excluding carboxylic acids is 1. The maximum Gasteiger partial charge on any atom is 0.254 e. The van der Waals surface area contributed by atoms with Gasteiger partial charge in [0, 0.05) is 51.0 Å². The Hall–Kier alpha value is -1.55. The molecule has 1 aliphatic rings. The van der Waals surface area contributed by atoms with Gasteiger partial charge in [-0.05, 0) is 31.2 Å². The summed E-state index contributed by atoms with van der Waals surface area (Å²) in [6.07, 6.45) is 0. The van der Waals surface area contributed by atoms with Gasteiger partial charge in [-0.25, -0.2) is 0 Å². The van der Waals surface area contributed by atoms with E-state index >= 15 is 0 Å². The van der Waals surface area contributed by atoms with Crippen LogP contribution in [-0.4, -0.2) is 50.6 Å². The van der Waals surface area contributed by atoms with Crippen LogP contribution >= 0.6 is 0 Å². The van der Waals surface area contributed by atoms with Crippen molar-refractivity contribution in [3.63, 3.8) is 0 Å². The lowest BCUT2D eigenvalue weighted by molar-refractivity contribution is 0.0656. The highest BCUT2D eigenvalue weighted by Gasteiger charge is 2.23. The van der Waals surface area contributed by atoms with Gasteiger partial charge in [0.15, 0.2) is 0 Å². The van der Waals surface area contributed by atoms with E-state index in [-0.39, 0.29) is 11.9 Å². The first-order chi connectivity index (χ1) is 8.59. The molecule has 0 spiro atoms. The molecule has 0 radical (unpaired) electrons. The molecule has 1 fully saturated rings. The number of rotatable bonds is 2. The van der Waals surface area contributed by atoms with Crippen LogP contribution in [0.3, 0.4) is 0 Å². The van der Waals surface area contributed by atoms with Gasteiger partial charge in [0.1, 0.15) is 0 Å². The molecule has 1 saturated heterocycles. The Kier molecular flexibility index (Phi) is 3.87. The Labute approximate surface area is 109 Å². The third-order valence-electron chi connectivity index (χ3n) is 3.39. The van der Waals surface area contributed by atoms with E-state index in [0.29, 0.717) is 0 Å². The maximum absolute atomic E-state index is 12.4. The minimum absolute atomic E-state index is 0.134. The summed E-state index contributed by atoms with van der Waals surface area (Å²) in [7, 11) is 3.99. The van der Waals surface area contributed by atoms with Gasteiger partial charge in [-0.1, -0.05) is 0 Å². The van der Waals surface area contributed by atoms with Crippen molar-refractivity contribution in [1.29, 1.82) is 0 Å². The second-order valence-corrected chi connectivity index (χ2v) is 4.99. The standard InChI is InChI=1S/C14H21N3O/c1-11-10-15-8-9-17(11)14(18)12-4-6-13(7-5-12)16(2)3/h4-7,11,15H,8-10H2,1-3H3/t11-/m0/s1. The van der Waals surface area contributed by atoms with E-state index in [1.54, 1.807) is 0 Å². The first-order valence-electron chi connectivity index (χ1n) is 6.38. The zero-order valence-electron chi connectivity index (χ0n) is 11.3. The van der Waals surface area contributed by atoms with Crippen molar-refractivity contribution in [3.05, 3.63) is 29.8 Å². The summed E-state index contributed by atoms with van der Waals surface area (Å²) in [5.74, 6) is 0.134. The molecule has 1 aliphatic heterocycles. The van der Waals surface area contributed by atoms with Crippen molar-refractivity contribution in [2.24, 2.45) is 0 Å². The minimum atomic E-state index is 0.134. The van der Waals surface area contributed by atoms with Crippen molar-refractivity contribution < 1.29 is 4.79 Å². The van der Waals surface area contributed by atoms with Crippen molar-refractivity contribution in [1.82, 2.24) is 10.2 Å². The third kappa shape index (κ3) is 2.64. The lowest BCUT2D eigenvalue weighted by atomic mass is 10.1. The predicted octanol–water partition coefficient (Wildman–Crippen LogP) is 1.19. The van der Waals surface area contributed by atoms with E-state index in [9.17, 15) is 4.79 Å². The van der Waals surface area contributed by atoms with Crippen LogP contribution in [0.5, 0.6) is 0 Å². The zero-order chi connectivity index (χ0) is 13.1. The average Bonchev–Trinajstić information content (AvgIpc) is 2.38. The summed E-state index contributed by atoms with van der Waals surface area (Å²) < 4.78 is 0. The largest absolute Gasteiger partial charge is 0.378 e. The second-order valence-electron chi connectivity index (χ2n) is 4.99. The first kappa shape index (κ1) is 12.9. The molecule has 0 bridgehead atoms. The molecule has 2 rings (SSSR count). The van der Waals surface area contributed by atoms with Crippen molar-refractivity contribution >= 4 is 11.6 Å². The molecule has 0 saturated carbocycles. The molecule has 1 aromatic rings. The smallest absolute Gasteiger partial charge is 0.254 e. The number of anilines is 1. The number of hydrogen-bond acceptors (Lipinski definition) is 3. The van der Waals surface area contributed by atoms with E-state index in [1.807, 2.05) is 48.2 Å². The molecule has 1 heterocycles. The van der Waals surface area contributed by atoms with E-state index in [4.69, 9.17) is 0 Å². The summed E-state index contributed by atoms with van der Waals surface area (Å²) >= 11 is 0. The van der Waals surface area contributed by atoms with Gasteiger partial charge in [0.05, 0.1) is 0 Å². The number of hydrogen-bond donors (Lipinski definition) is 1. The molecule has 18 heavy (non-hydrogen) atoms. The molecule has 0 unspecified atom stereocenters. The van der Waals surface area contributed by atoms with Crippen LogP contribution in [0.25, 0.3) is 0 Å². The molecule has 1 amide bonds. The molecule has 4 nitrogen and oxygen atoms in total. The Morgan fingerprint density at radius 2 is 2.00 bits per heavy atom. The number of nitrogens with zero attached hydrogens (tertiary/aromatic N) is 2. The van der Waals surface area contributed by atoms with Crippen LogP contribution in [0.15, 0.2) is 24.3 Å². The number of benzene rings is 1. The first-order valence-corrected chi connectivity index (χ1v) is 6.38. The molecule has 4 heteroatoms. The van der Waals surface area contributed by atoms with Crippen molar-refractivity contribution in [3.8, 4) is 0 Å². The van der Waals surface area contributed by atoms with Crippen LogP contribution < -0.4 is 10.2 Å². The van der Waals surface area contributed by atoms with Gasteiger partial charge in [-0.15, -0.1) is 0 Å². The quantitative estimate of drug-likeness (QED) is 0.852. The number of carbonyl (C=O) groups is 1. The molecule has 0 aliphatic carbocycles. The molecular formula is C14H21N3O. The molecule has 0 aromatic heterocycles. The fraction of sp³-hybridized carbons (Fsp3) is 0.500. The average molecular weight is 247 g/mol. The topological polar surface area (TPSA) is 35.6 Å². The molecule has 98 valence electrons. The minimum Gasteiger partial charge on any atom is -0.378 e. The summed E-state index contributed by atoms with van der Waals surface area (Å²) in [5.41, 5.74) is 1.88. The van der Waals surface area contributed by atoms with Crippen LogP contribution in [0.4, 0.5) is 5.69 Å². The fourth-order valence-corrected chi connectivity index (χ4v) is 2.21.